The Bertz CT molecular complexity index is 1070. The number of H-pyrrole nitrogens is 1. The first-order valence-electron chi connectivity index (χ1n) is 7.53. The highest BCUT2D eigenvalue weighted by Crippen LogP contribution is 2.25. The van der Waals surface area contributed by atoms with Gasteiger partial charge in [-0.3, -0.25) is 9.89 Å². The lowest BCUT2D eigenvalue weighted by atomic mass is 10.1. The summed E-state index contributed by atoms with van der Waals surface area (Å²) in [6.07, 6.45) is 6.68. The zero-order valence-electron chi connectivity index (χ0n) is 13.1. The van der Waals surface area contributed by atoms with E-state index >= 15 is 0 Å². The number of rotatable bonds is 3. The number of imidazole rings is 1. The van der Waals surface area contributed by atoms with Gasteiger partial charge in [0.15, 0.2) is 0 Å². The highest BCUT2D eigenvalue weighted by atomic mass is 16.1. The Hall–Kier alpha value is -3.81. The van der Waals surface area contributed by atoms with Crippen LogP contribution in [0.15, 0.2) is 55.2 Å². The highest BCUT2D eigenvalue weighted by molar-refractivity contribution is 6.08. The Kier molecular flexibility index (Phi) is 3.35. The van der Waals surface area contributed by atoms with E-state index < -0.39 is 0 Å². The largest absolute Gasteiger partial charge is 0.397 e. The van der Waals surface area contributed by atoms with E-state index in [1.54, 1.807) is 41.6 Å². The van der Waals surface area contributed by atoms with E-state index in [0.717, 1.165) is 10.9 Å². The van der Waals surface area contributed by atoms with Crippen molar-refractivity contribution in [3.8, 4) is 5.69 Å². The van der Waals surface area contributed by atoms with Gasteiger partial charge in [-0.25, -0.2) is 4.98 Å². The van der Waals surface area contributed by atoms with Crippen LogP contribution in [0.25, 0.3) is 16.6 Å². The van der Waals surface area contributed by atoms with Crippen LogP contribution in [-0.4, -0.2) is 25.7 Å². The van der Waals surface area contributed by atoms with Gasteiger partial charge in [0.25, 0.3) is 5.91 Å². The summed E-state index contributed by atoms with van der Waals surface area (Å²) < 4.78 is 1.71. The molecule has 0 unspecified atom stereocenters. The molecule has 4 aromatic rings. The number of hydrogen-bond acceptors (Lipinski definition) is 5. The maximum atomic E-state index is 12.8. The fourth-order valence-corrected chi connectivity index (χ4v) is 2.63. The molecule has 25 heavy (non-hydrogen) atoms. The summed E-state index contributed by atoms with van der Waals surface area (Å²) in [5, 5.41) is 10.7. The van der Waals surface area contributed by atoms with E-state index in [9.17, 15) is 4.79 Å². The number of nitrogens with two attached hydrogens (primary N) is 2. The second-order valence-electron chi connectivity index (χ2n) is 5.59. The minimum absolute atomic E-state index is 0.297. The van der Waals surface area contributed by atoms with E-state index in [2.05, 4.69) is 20.5 Å². The maximum Gasteiger partial charge on any atom is 0.257 e. The van der Waals surface area contributed by atoms with Crippen LogP contribution in [0.5, 0.6) is 0 Å². The number of hydrogen-bond donors (Lipinski definition) is 4. The molecule has 0 aliphatic heterocycles. The molecule has 0 aliphatic carbocycles. The highest BCUT2D eigenvalue weighted by Gasteiger charge is 2.16. The van der Waals surface area contributed by atoms with E-state index in [1.807, 2.05) is 18.2 Å². The van der Waals surface area contributed by atoms with Crippen LogP contribution in [0.2, 0.25) is 0 Å². The van der Waals surface area contributed by atoms with Crippen molar-refractivity contribution in [1.82, 2.24) is 19.7 Å². The third-order valence-electron chi connectivity index (χ3n) is 3.93. The first-order valence-corrected chi connectivity index (χ1v) is 7.53. The van der Waals surface area contributed by atoms with Gasteiger partial charge in [0.05, 0.1) is 40.7 Å². The summed E-state index contributed by atoms with van der Waals surface area (Å²) in [5.74, 6) is -0.297. The quantitative estimate of drug-likeness (QED) is 0.427. The number of nitrogens with one attached hydrogen (secondary N) is 2. The zero-order chi connectivity index (χ0) is 17.4. The van der Waals surface area contributed by atoms with Gasteiger partial charge in [0.1, 0.15) is 0 Å². The maximum absolute atomic E-state index is 12.8. The van der Waals surface area contributed by atoms with Crippen molar-refractivity contribution in [3.63, 3.8) is 0 Å². The van der Waals surface area contributed by atoms with Crippen LogP contribution >= 0.6 is 0 Å². The molecule has 2 aromatic carbocycles. The number of nitrogen functional groups attached to an aromatic ring is 2. The minimum atomic E-state index is -0.297. The van der Waals surface area contributed by atoms with Gasteiger partial charge in [-0.1, -0.05) is 0 Å². The second-order valence-corrected chi connectivity index (χ2v) is 5.59. The summed E-state index contributed by atoms with van der Waals surface area (Å²) >= 11 is 0. The molecule has 0 spiro atoms. The fraction of sp³-hybridized carbons (Fsp3) is 0. The molecule has 0 radical (unpaired) electrons. The van der Waals surface area contributed by atoms with Gasteiger partial charge in [-0.05, 0) is 30.3 Å². The molecular formula is C17H15N7O. The van der Waals surface area contributed by atoms with Crippen molar-refractivity contribution in [3.05, 3.63) is 60.8 Å². The lowest BCUT2D eigenvalue weighted by molar-refractivity contribution is 0.102. The third kappa shape index (κ3) is 2.65. The molecule has 2 aromatic heterocycles. The van der Waals surface area contributed by atoms with Crippen molar-refractivity contribution >= 4 is 33.9 Å². The molecule has 8 heteroatoms. The first-order chi connectivity index (χ1) is 12.1. The monoisotopic (exact) mass is 333 g/mol. The molecule has 6 N–H and O–H groups in total. The van der Waals surface area contributed by atoms with Gasteiger partial charge in [0, 0.05) is 23.5 Å². The number of fused-ring (bicyclic) bond motifs is 1. The average Bonchev–Trinajstić information content (AvgIpc) is 3.27. The normalized spacial score (nSPS) is 10.9. The van der Waals surface area contributed by atoms with Crippen LogP contribution in [0.1, 0.15) is 10.4 Å². The Balaban J connectivity index is 1.72. The average molecular weight is 333 g/mol. The van der Waals surface area contributed by atoms with Crippen molar-refractivity contribution < 1.29 is 4.79 Å². The molecule has 0 aliphatic rings. The standard InChI is InChI=1S/C17H15N7O/c18-13-6-12(16(7-14(13)19)24-4-3-20-9-24)17(25)22-11-2-1-10-8-21-23-15(10)5-11/h1-9H,18-19H2,(H,21,23)(H,22,25). The smallest absolute Gasteiger partial charge is 0.257 e. The molecule has 0 saturated carbocycles. The second kappa shape index (κ2) is 5.68. The molecular weight excluding hydrogens is 318 g/mol. The lowest BCUT2D eigenvalue weighted by Gasteiger charge is -2.13. The van der Waals surface area contributed by atoms with Gasteiger partial charge in [-0.2, -0.15) is 5.10 Å². The van der Waals surface area contributed by atoms with Crippen LogP contribution in [-0.2, 0) is 0 Å². The number of carbonyl (C=O) groups is 1. The molecule has 0 fully saturated rings. The summed E-state index contributed by atoms with van der Waals surface area (Å²) in [5.41, 5.74) is 15.0. The van der Waals surface area contributed by atoms with Crippen LogP contribution < -0.4 is 16.8 Å². The molecule has 2 heterocycles. The molecule has 4 rings (SSSR count). The van der Waals surface area contributed by atoms with Gasteiger partial charge in [-0.15, -0.1) is 0 Å². The number of carbonyl (C=O) groups excluding carboxylic acids is 1. The summed E-state index contributed by atoms with van der Waals surface area (Å²) in [6, 6.07) is 8.73. The summed E-state index contributed by atoms with van der Waals surface area (Å²) in [6.45, 7) is 0. The minimum Gasteiger partial charge on any atom is -0.397 e. The van der Waals surface area contributed by atoms with Crippen molar-refractivity contribution in [2.45, 2.75) is 0 Å². The molecule has 0 bridgehead atoms. The first kappa shape index (κ1) is 14.8. The van der Waals surface area contributed by atoms with E-state index in [1.165, 1.54) is 0 Å². The van der Waals surface area contributed by atoms with Crippen molar-refractivity contribution in [2.24, 2.45) is 0 Å². The third-order valence-corrected chi connectivity index (χ3v) is 3.93. The van der Waals surface area contributed by atoms with Gasteiger partial charge >= 0.3 is 0 Å². The number of anilines is 3. The molecule has 0 atom stereocenters. The zero-order valence-corrected chi connectivity index (χ0v) is 13.1. The van der Waals surface area contributed by atoms with E-state index in [4.69, 9.17) is 11.5 Å². The van der Waals surface area contributed by atoms with E-state index in [0.29, 0.717) is 28.3 Å². The molecule has 1 amide bonds. The number of aromatic nitrogens is 4. The van der Waals surface area contributed by atoms with Crippen LogP contribution in [0, 0.1) is 0 Å². The summed E-state index contributed by atoms with van der Waals surface area (Å²) in [7, 11) is 0. The van der Waals surface area contributed by atoms with Gasteiger partial charge in [0.2, 0.25) is 0 Å². The molecule has 8 nitrogen and oxygen atoms in total. The Morgan fingerprint density at radius 2 is 2.00 bits per heavy atom. The van der Waals surface area contributed by atoms with Crippen molar-refractivity contribution in [2.75, 3.05) is 16.8 Å². The Morgan fingerprint density at radius 1 is 1.16 bits per heavy atom. The molecule has 0 saturated heterocycles. The van der Waals surface area contributed by atoms with Crippen molar-refractivity contribution in [1.29, 1.82) is 0 Å². The van der Waals surface area contributed by atoms with Crippen LogP contribution in [0.3, 0.4) is 0 Å². The number of nitrogens with zero attached hydrogens (tertiary/aromatic N) is 3. The van der Waals surface area contributed by atoms with E-state index in [-0.39, 0.29) is 5.91 Å². The molecule has 124 valence electrons. The Morgan fingerprint density at radius 3 is 2.80 bits per heavy atom. The Labute approximate surface area is 142 Å². The van der Waals surface area contributed by atoms with Crippen LogP contribution in [0.4, 0.5) is 17.1 Å². The topological polar surface area (TPSA) is 128 Å². The predicted molar refractivity (Wildman–Crippen MR) is 96.4 cm³/mol. The fourth-order valence-electron chi connectivity index (χ4n) is 2.63. The predicted octanol–water partition coefficient (Wildman–Crippen LogP) is 2.17. The number of aromatic amines is 1. The summed E-state index contributed by atoms with van der Waals surface area (Å²) in [4.78, 5) is 16.8. The number of benzene rings is 2. The lowest BCUT2D eigenvalue weighted by Crippen LogP contribution is -2.16. The SMILES string of the molecule is Nc1cc(C(=O)Nc2ccc3cn[nH]c3c2)c(-n2ccnc2)cc1N. The number of amides is 1. The van der Waals surface area contributed by atoms with Gasteiger partial charge < -0.3 is 21.4 Å².